The summed E-state index contributed by atoms with van der Waals surface area (Å²) >= 11 is 0. The van der Waals surface area contributed by atoms with Gasteiger partial charge in [-0.15, -0.1) is 0 Å². The molecule has 1 fully saturated rings. The molecule has 1 aliphatic carbocycles. The molecule has 0 aromatic heterocycles. The van der Waals surface area contributed by atoms with Gasteiger partial charge in [0.25, 0.3) is 0 Å². The van der Waals surface area contributed by atoms with Gasteiger partial charge < -0.3 is 10.6 Å². The molecule has 0 radical (unpaired) electrons. The van der Waals surface area contributed by atoms with E-state index in [1.54, 1.807) is 0 Å². The van der Waals surface area contributed by atoms with E-state index in [4.69, 9.17) is 0 Å². The zero-order valence-electron chi connectivity index (χ0n) is 12.4. The van der Waals surface area contributed by atoms with Crippen LogP contribution in [-0.4, -0.2) is 18.5 Å². The van der Waals surface area contributed by atoms with Crippen molar-refractivity contribution in [2.24, 2.45) is 11.8 Å². The van der Waals surface area contributed by atoms with E-state index >= 15 is 0 Å². The molecule has 3 rings (SSSR count). The molecule has 1 heterocycles. The molecule has 2 aliphatic rings. The van der Waals surface area contributed by atoms with E-state index in [0.717, 1.165) is 36.6 Å². The number of hydrogen-bond acceptors (Lipinski definition) is 2. The summed E-state index contributed by atoms with van der Waals surface area (Å²) in [6, 6.07) is 8.49. The third-order valence-electron chi connectivity index (χ3n) is 5.09. The lowest BCUT2D eigenvalue weighted by Gasteiger charge is -2.33. The Hall–Kier alpha value is -1.51. The quantitative estimate of drug-likeness (QED) is 0.868. The highest BCUT2D eigenvalue weighted by Crippen LogP contribution is 2.33. The van der Waals surface area contributed by atoms with Gasteiger partial charge >= 0.3 is 0 Å². The maximum absolute atomic E-state index is 12.5. The standard InChI is InChI=1S/C17H24N2O/c1-11-7-8-13(9-12(11)2)19-17(20)15-10-18-16-6-4-3-5-14(15)16/h3-6,11-13,15,18H,7-10H2,1-2H3,(H,19,20). The van der Waals surface area contributed by atoms with Crippen molar-refractivity contribution in [2.45, 2.75) is 45.1 Å². The number of amides is 1. The van der Waals surface area contributed by atoms with Gasteiger partial charge in [-0.05, 0) is 42.7 Å². The summed E-state index contributed by atoms with van der Waals surface area (Å²) in [5, 5.41) is 6.60. The molecule has 1 aliphatic heterocycles. The van der Waals surface area contributed by atoms with Crippen molar-refractivity contribution in [1.82, 2.24) is 5.32 Å². The molecule has 1 saturated carbocycles. The normalized spacial score (nSPS) is 32.3. The van der Waals surface area contributed by atoms with E-state index in [0.29, 0.717) is 12.0 Å². The molecule has 1 amide bonds. The van der Waals surface area contributed by atoms with Crippen LogP contribution in [0.3, 0.4) is 0 Å². The Bertz CT molecular complexity index is 500. The third-order valence-corrected chi connectivity index (χ3v) is 5.09. The second-order valence-electron chi connectivity index (χ2n) is 6.49. The summed E-state index contributed by atoms with van der Waals surface area (Å²) in [7, 11) is 0. The van der Waals surface area contributed by atoms with Gasteiger partial charge in [0.05, 0.1) is 5.92 Å². The van der Waals surface area contributed by atoms with Crippen LogP contribution in [0.5, 0.6) is 0 Å². The predicted octanol–water partition coefficient (Wildman–Crippen LogP) is 3.14. The van der Waals surface area contributed by atoms with Crippen LogP contribution in [0.1, 0.15) is 44.6 Å². The number of para-hydroxylation sites is 1. The van der Waals surface area contributed by atoms with Crippen LogP contribution in [0.2, 0.25) is 0 Å². The van der Waals surface area contributed by atoms with Crippen molar-refractivity contribution >= 4 is 11.6 Å². The first-order chi connectivity index (χ1) is 9.65. The highest BCUT2D eigenvalue weighted by Gasteiger charge is 2.31. The van der Waals surface area contributed by atoms with Crippen LogP contribution >= 0.6 is 0 Å². The fourth-order valence-corrected chi connectivity index (χ4v) is 3.50. The van der Waals surface area contributed by atoms with Crippen molar-refractivity contribution in [3.05, 3.63) is 29.8 Å². The van der Waals surface area contributed by atoms with E-state index in [1.165, 1.54) is 6.42 Å². The number of rotatable bonds is 2. The predicted molar refractivity (Wildman–Crippen MR) is 81.8 cm³/mol. The molecule has 2 N–H and O–H groups in total. The molecule has 1 aromatic rings. The summed E-state index contributed by atoms with van der Waals surface area (Å²) in [6.45, 7) is 5.35. The minimum atomic E-state index is -0.0270. The zero-order chi connectivity index (χ0) is 14.1. The van der Waals surface area contributed by atoms with Crippen molar-refractivity contribution < 1.29 is 4.79 Å². The molecule has 3 nitrogen and oxygen atoms in total. The van der Waals surface area contributed by atoms with Crippen molar-refractivity contribution in [1.29, 1.82) is 0 Å². The number of anilines is 1. The van der Waals surface area contributed by atoms with E-state index in [1.807, 2.05) is 18.2 Å². The molecule has 0 spiro atoms. The molecular weight excluding hydrogens is 248 g/mol. The average molecular weight is 272 g/mol. The zero-order valence-corrected chi connectivity index (χ0v) is 12.4. The maximum Gasteiger partial charge on any atom is 0.229 e. The lowest BCUT2D eigenvalue weighted by atomic mass is 9.79. The molecule has 4 atom stereocenters. The van der Waals surface area contributed by atoms with E-state index in [2.05, 4.69) is 30.5 Å². The molecule has 108 valence electrons. The minimum absolute atomic E-state index is 0.0270. The molecule has 0 bridgehead atoms. The molecule has 4 unspecified atom stereocenters. The fraction of sp³-hybridized carbons (Fsp3) is 0.588. The monoisotopic (exact) mass is 272 g/mol. The summed E-state index contributed by atoms with van der Waals surface area (Å²) in [5.41, 5.74) is 2.25. The molecule has 3 heteroatoms. The number of fused-ring (bicyclic) bond motifs is 1. The van der Waals surface area contributed by atoms with Gasteiger partial charge in [0.2, 0.25) is 5.91 Å². The lowest BCUT2D eigenvalue weighted by Crippen LogP contribution is -2.42. The SMILES string of the molecule is CC1CCC(NC(=O)C2CNc3ccccc32)CC1C. The second-order valence-corrected chi connectivity index (χ2v) is 6.49. The van der Waals surface area contributed by atoms with Crippen LogP contribution in [0.15, 0.2) is 24.3 Å². The number of hydrogen-bond donors (Lipinski definition) is 2. The van der Waals surface area contributed by atoms with Crippen molar-refractivity contribution in [2.75, 3.05) is 11.9 Å². The van der Waals surface area contributed by atoms with Crippen molar-refractivity contribution in [3.8, 4) is 0 Å². The number of benzene rings is 1. The van der Waals surface area contributed by atoms with Gasteiger partial charge in [0.1, 0.15) is 0 Å². The van der Waals surface area contributed by atoms with E-state index < -0.39 is 0 Å². The highest BCUT2D eigenvalue weighted by molar-refractivity contribution is 5.88. The van der Waals surface area contributed by atoms with Gasteiger partial charge in [0.15, 0.2) is 0 Å². The Morgan fingerprint density at radius 3 is 2.80 bits per heavy atom. The van der Waals surface area contributed by atoms with Crippen LogP contribution in [0, 0.1) is 11.8 Å². The molecule has 1 aromatic carbocycles. The molecule has 20 heavy (non-hydrogen) atoms. The van der Waals surface area contributed by atoms with Crippen LogP contribution in [0.25, 0.3) is 0 Å². The topological polar surface area (TPSA) is 41.1 Å². The van der Waals surface area contributed by atoms with E-state index in [9.17, 15) is 4.79 Å². The first-order valence-corrected chi connectivity index (χ1v) is 7.78. The Kier molecular flexibility index (Phi) is 3.68. The van der Waals surface area contributed by atoms with Crippen LogP contribution in [0.4, 0.5) is 5.69 Å². The summed E-state index contributed by atoms with van der Waals surface area (Å²) in [5.74, 6) is 1.66. The second kappa shape index (κ2) is 5.47. The largest absolute Gasteiger partial charge is 0.384 e. The Morgan fingerprint density at radius 2 is 2.00 bits per heavy atom. The Labute approximate surface area is 121 Å². The summed E-state index contributed by atoms with van der Waals surface area (Å²) < 4.78 is 0. The Balaban J connectivity index is 1.63. The van der Waals surface area contributed by atoms with Gasteiger partial charge in [0, 0.05) is 18.3 Å². The number of carbonyl (C=O) groups is 1. The number of carbonyl (C=O) groups excluding carboxylic acids is 1. The minimum Gasteiger partial charge on any atom is -0.384 e. The maximum atomic E-state index is 12.5. The molecule has 0 saturated heterocycles. The molecular formula is C17H24N2O. The van der Waals surface area contributed by atoms with Crippen LogP contribution in [-0.2, 0) is 4.79 Å². The first kappa shape index (κ1) is 13.5. The lowest BCUT2D eigenvalue weighted by molar-refractivity contribution is -0.123. The summed E-state index contributed by atoms with van der Waals surface area (Å²) in [6.07, 6.45) is 3.47. The Morgan fingerprint density at radius 1 is 1.20 bits per heavy atom. The third kappa shape index (κ3) is 2.54. The van der Waals surface area contributed by atoms with E-state index in [-0.39, 0.29) is 11.8 Å². The van der Waals surface area contributed by atoms with Gasteiger partial charge in [-0.3, -0.25) is 4.79 Å². The summed E-state index contributed by atoms with van der Waals surface area (Å²) in [4.78, 5) is 12.5. The van der Waals surface area contributed by atoms with Gasteiger partial charge in [-0.1, -0.05) is 32.0 Å². The highest BCUT2D eigenvalue weighted by atomic mass is 16.2. The smallest absolute Gasteiger partial charge is 0.229 e. The van der Waals surface area contributed by atoms with Crippen molar-refractivity contribution in [3.63, 3.8) is 0 Å². The number of nitrogens with one attached hydrogen (secondary N) is 2. The van der Waals surface area contributed by atoms with Gasteiger partial charge in [-0.2, -0.15) is 0 Å². The van der Waals surface area contributed by atoms with Crippen LogP contribution < -0.4 is 10.6 Å². The van der Waals surface area contributed by atoms with Gasteiger partial charge in [-0.25, -0.2) is 0 Å². The fourth-order valence-electron chi connectivity index (χ4n) is 3.50. The first-order valence-electron chi connectivity index (χ1n) is 7.78. The average Bonchev–Trinajstić information content (AvgIpc) is 2.87.